The molecule has 0 saturated heterocycles. The van der Waals surface area contributed by atoms with E-state index in [1.54, 1.807) is 42.5 Å². The number of hydrogen-bond donors (Lipinski definition) is 2. The number of benzene rings is 2. The summed E-state index contributed by atoms with van der Waals surface area (Å²) in [6, 6.07) is 16.0. The Morgan fingerprint density at radius 1 is 1.06 bits per heavy atom. The molecule has 2 aromatic heterocycles. The van der Waals surface area contributed by atoms with E-state index in [-0.39, 0.29) is 24.4 Å². The zero-order chi connectivity index (χ0) is 22.7. The molecule has 0 atom stereocenters. The zero-order valence-electron chi connectivity index (χ0n) is 17.6. The van der Waals surface area contributed by atoms with Gasteiger partial charge >= 0.3 is 0 Å². The lowest BCUT2D eigenvalue weighted by molar-refractivity contribution is 0.0930. The molecule has 0 aliphatic carbocycles. The van der Waals surface area contributed by atoms with Crippen molar-refractivity contribution in [3.8, 4) is 45.6 Å². The maximum Gasteiger partial charge on any atom is 0.240 e. The summed E-state index contributed by atoms with van der Waals surface area (Å²) >= 11 is 0. The molecule has 0 radical (unpaired) electrons. The van der Waals surface area contributed by atoms with Gasteiger partial charge in [0.1, 0.15) is 17.7 Å². The number of ketones is 1. The number of aromatic hydroxyl groups is 2. The van der Waals surface area contributed by atoms with E-state index in [0.29, 0.717) is 28.4 Å². The van der Waals surface area contributed by atoms with Gasteiger partial charge in [0.2, 0.25) is 5.88 Å². The van der Waals surface area contributed by atoms with E-state index in [1.807, 2.05) is 12.1 Å². The van der Waals surface area contributed by atoms with Crippen molar-refractivity contribution in [3.63, 3.8) is 0 Å². The van der Waals surface area contributed by atoms with E-state index in [0.717, 1.165) is 5.56 Å². The lowest BCUT2D eigenvalue weighted by Gasteiger charge is -2.15. The number of carbonyl (C=O) groups is 1. The fourth-order valence-corrected chi connectivity index (χ4v) is 3.62. The largest absolute Gasteiger partial charge is 0.503 e. The summed E-state index contributed by atoms with van der Waals surface area (Å²) in [5.41, 5.74) is 2.89. The SMILES string of the molecule is COCCC(=O)c1c(O)c(O)n(-c2ccc(-c3ccon3)cc2)c1-c1ccccc1OC. The Hall–Kier alpha value is -4.04. The topological polar surface area (TPSA) is 107 Å². The quantitative estimate of drug-likeness (QED) is 0.395. The third-order valence-electron chi connectivity index (χ3n) is 5.15. The van der Waals surface area contributed by atoms with Crippen LogP contribution in [0.5, 0.6) is 17.4 Å². The van der Waals surface area contributed by atoms with Crippen LogP contribution in [0.3, 0.4) is 0 Å². The summed E-state index contributed by atoms with van der Waals surface area (Å²) in [6.07, 6.45) is 1.53. The van der Waals surface area contributed by atoms with Crippen LogP contribution in [0.1, 0.15) is 16.8 Å². The minimum Gasteiger partial charge on any atom is -0.503 e. The van der Waals surface area contributed by atoms with Gasteiger partial charge in [0.05, 0.1) is 25.0 Å². The van der Waals surface area contributed by atoms with Crippen LogP contribution in [0.2, 0.25) is 0 Å². The van der Waals surface area contributed by atoms with E-state index >= 15 is 0 Å². The van der Waals surface area contributed by atoms with Gasteiger partial charge in [0.15, 0.2) is 11.5 Å². The maximum absolute atomic E-state index is 13.0. The highest BCUT2D eigenvalue weighted by atomic mass is 16.5. The molecule has 0 fully saturated rings. The van der Waals surface area contributed by atoms with Crippen LogP contribution in [0.4, 0.5) is 0 Å². The molecule has 4 rings (SSSR count). The van der Waals surface area contributed by atoms with Crippen LogP contribution in [0.25, 0.3) is 28.2 Å². The molecule has 0 aliphatic heterocycles. The summed E-state index contributed by atoms with van der Waals surface area (Å²) in [7, 11) is 3.01. The number of Topliss-reactive ketones (excluding diaryl/α,β-unsaturated/α-hetero) is 1. The fraction of sp³-hybridized carbons (Fsp3) is 0.167. The molecule has 32 heavy (non-hydrogen) atoms. The molecule has 0 aliphatic rings. The van der Waals surface area contributed by atoms with Gasteiger partial charge in [-0.05, 0) is 24.3 Å². The summed E-state index contributed by atoms with van der Waals surface area (Å²) in [4.78, 5) is 13.0. The number of carbonyl (C=O) groups excluding carboxylic acids is 1. The number of rotatable bonds is 8. The van der Waals surface area contributed by atoms with Gasteiger partial charge < -0.3 is 24.2 Å². The third-order valence-corrected chi connectivity index (χ3v) is 5.15. The van der Waals surface area contributed by atoms with E-state index in [2.05, 4.69) is 5.16 Å². The van der Waals surface area contributed by atoms with Crippen molar-refractivity contribution < 1.29 is 29.0 Å². The first-order valence-electron chi connectivity index (χ1n) is 9.90. The molecule has 8 heteroatoms. The number of para-hydroxylation sites is 1. The number of ether oxygens (including phenoxy) is 2. The highest BCUT2D eigenvalue weighted by Gasteiger charge is 2.30. The Labute approximate surface area is 184 Å². The average Bonchev–Trinajstić information content (AvgIpc) is 3.45. The van der Waals surface area contributed by atoms with E-state index in [9.17, 15) is 15.0 Å². The third kappa shape index (κ3) is 3.72. The second kappa shape index (κ2) is 8.99. The Morgan fingerprint density at radius 2 is 1.81 bits per heavy atom. The Morgan fingerprint density at radius 3 is 2.47 bits per heavy atom. The molecule has 0 saturated carbocycles. The fourth-order valence-electron chi connectivity index (χ4n) is 3.62. The normalized spacial score (nSPS) is 10.9. The van der Waals surface area contributed by atoms with E-state index < -0.39 is 11.6 Å². The van der Waals surface area contributed by atoms with Gasteiger partial charge in [-0.3, -0.25) is 9.36 Å². The van der Waals surface area contributed by atoms with Crippen molar-refractivity contribution in [2.75, 3.05) is 20.8 Å². The van der Waals surface area contributed by atoms with Crippen molar-refractivity contribution in [1.82, 2.24) is 9.72 Å². The van der Waals surface area contributed by atoms with Crippen molar-refractivity contribution in [3.05, 3.63) is 66.4 Å². The summed E-state index contributed by atoms with van der Waals surface area (Å²) in [5, 5.41) is 25.6. The maximum atomic E-state index is 13.0. The molecule has 0 bridgehead atoms. The number of aromatic nitrogens is 2. The molecule has 2 aromatic carbocycles. The molecule has 0 unspecified atom stereocenters. The van der Waals surface area contributed by atoms with Gasteiger partial charge in [0.25, 0.3) is 0 Å². The lowest BCUT2D eigenvalue weighted by atomic mass is 10.0. The molecule has 2 heterocycles. The molecular formula is C24H22N2O6. The van der Waals surface area contributed by atoms with Crippen molar-refractivity contribution in [1.29, 1.82) is 0 Å². The highest BCUT2D eigenvalue weighted by Crippen LogP contribution is 2.46. The van der Waals surface area contributed by atoms with Crippen LogP contribution in [0.15, 0.2) is 65.4 Å². The zero-order valence-corrected chi connectivity index (χ0v) is 17.6. The smallest absolute Gasteiger partial charge is 0.240 e. The molecule has 164 valence electrons. The van der Waals surface area contributed by atoms with Crippen LogP contribution in [-0.4, -0.2) is 46.5 Å². The number of methoxy groups -OCH3 is 2. The Kier molecular flexibility index (Phi) is 5.96. The molecule has 2 N–H and O–H groups in total. The molecular weight excluding hydrogens is 412 g/mol. The van der Waals surface area contributed by atoms with Crippen LogP contribution < -0.4 is 4.74 Å². The molecule has 4 aromatic rings. The molecule has 8 nitrogen and oxygen atoms in total. The average molecular weight is 434 g/mol. The Bertz CT molecular complexity index is 1230. The Balaban J connectivity index is 1.93. The first-order valence-corrected chi connectivity index (χ1v) is 9.90. The van der Waals surface area contributed by atoms with Crippen LogP contribution in [-0.2, 0) is 4.74 Å². The van der Waals surface area contributed by atoms with Crippen LogP contribution in [0, 0.1) is 0 Å². The lowest BCUT2D eigenvalue weighted by Crippen LogP contribution is -2.06. The highest BCUT2D eigenvalue weighted by molar-refractivity contribution is 6.06. The minimum absolute atomic E-state index is 0.00428. The summed E-state index contributed by atoms with van der Waals surface area (Å²) in [6.45, 7) is 0.183. The number of hydrogen-bond acceptors (Lipinski definition) is 7. The van der Waals surface area contributed by atoms with Gasteiger partial charge in [-0.1, -0.05) is 29.4 Å². The van der Waals surface area contributed by atoms with Gasteiger partial charge in [-0.2, -0.15) is 0 Å². The predicted octanol–water partition coefficient (Wildman–Crippen LogP) is 4.44. The molecule has 0 amide bonds. The van der Waals surface area contributed by atoms with Crippen molar-refractivity contribution in [2.24, 2.45) is 0 Å². The van der Waals surface area contributed by atoms with Gasteiger partial charge in [-0.15, -0.1) is 0 Å². The van der Waals surface area contributed by atoms with Crippen molar-refractivity contribution >= 4 is 5.78 Å². The monoisotopic (exact) mass is 434 g/mol. The first-order chi connectivity index (χ1) is 15.6. The van der Waals surface area contributed by atoms with Crippen molar-refractivity contribution in [2.45, 2.75) is 6.42 Å². The summed E-state index contributed by atoms with van der Waals surface area (Å²) < 4.78 is 16.8. The molecule has 0 spiro atoms. The number of nitrogens with zero attached hydrogens (tertiary/aromatic N) is 2. The first kappa shape index (κ1) is 21.2. The minimum atomic E-state index is -0.493. The standard InChI is InChI=1S/C24H22N2O6/c1-30-13-12-19(27)21-22(17-5-3-4-6-20(17)31-2)26(24(29)23(21)28)16-9-7-15(8-10-16)18-11-14-32-25-18/h3-11,14,28-29H,12-13H2,1-2H3. The predicted molar refractivity (Wildman–Crippen MR) is 117 cm³/mol. The second-order valence-corrected chi connectivity index (χ2v) is 7.03. The van der Waals surface area contributed by atoms with E-state index in [1.165, 1.54) is 25.0 Å². The van der Waals surface area contributed by atoms with Gasteiger partial charge in [0, 0.05) is 36.4 Å². The van der Waals surface area contributed by atoms with Crippen LogP contribution >= 0.6 is 0 Å². The second-order valence-electron chi connectivity index (χ2n) is 7.03. The van der Waals surface area contributed by atoms with E-state index in [4.69, 9.17) is 14.0 Å². The summed E-state index contributed by atoms with van der Waals surface area (Å²) in [5.74, 6) is -0.807. The van der Waals surface area contributed by atoms with Gasteiger partial charge in [-0.25, -0.2) is 0 Å².